The molecule has 1 aliphatic rings. The molecule has 1 fully saturated rings. The second-order valence-electron chi connectivity index (χ2n) is 11.2. The van der Waals surface area contributed by atoms with Gasteiger partial charge in [-0.2, -0.15) is 0 Å². The third-order valence-corrected chi connectivity index (χ3v) is 9.43. The van der Waals surface area contributed by atoms with Crippen LogP contribution in [0.5, 0.6) is 5.75 Å². The zero-order chi connectivity index (χ0) is 28.9. The van der Waals surface area contributed by atoms with Crippen molar-refractivity contribution in [1.82, 2.24) is 9.62 Å². The maximum atomic E-state index is 12.5. The van der Waals surface area contributed by atoms with E-state index < -0.39 is 20.7 Å². The first-order chi connectivity index (χ1) is 19.0. The Labute approximate surface area is 239 Å². The second kappa shape index (κ2) is 12.4. The van der Waals surface area contributed by atoms with Gasteiger partial charge in [0.15, 0.2) is 0 Å². The lowest BCUT2D eigenvalue weighted by molar-refractivity contribution is 0.0980. The van der Waals surface area contributed by atoms with Crippen LogP contribution in [0.25, 0.3) is 11.1 Å². The number of rotatable bonds is 9. The molecule has 40 heavy (non-hydrogen) atoms. The summed E-state index contributed by atoms with van der Waals surface area (Å²) in [6.45, 7) is 14.1. The van der Waals surface area contributed by atoms with E-state index in [-0.39, 0.29) is 0 Å². The number of carbonyl (C=O) groups excluding carboxylic acids is 1. The maximum Gasteiger partial charge on any atom is 0.264 e. The van der Waals surface area contributed by atoms with Gasteiger partial charge in [-0.05, 0) is 92.8 Å². The summed E-state index contributed by atoms with van der Waals surface area (Å²) in [5, 5.41) is 0. The largest absolute Gasteiger partial charge is 0.494 e. The summed E-state index contributed by atoms with van der Waals surface area (Å²) >= 11 is 0. The normalized spacial score (nSPS) is 14.7. The van der Waals surface area contributed by atoms with E-state index in [9.17, 15) is 13.2 Å². The Hall–Kier alpha value is -3.36. The number of hydrogen-bond donors (Lipinski definition) is 1. The SMILES string of the molecule is CCOc1cccc(-c2ccc(CN3CCN(c4ccc(C(=O)NS(=O)(=O)C(C)(C)C)cc4)CC3)c(CC)c2)c1. The first-order valence-electron chi connectivity index (χ1n) is 14.0. The molecule has 0 spiro atoms. The van der Waals surface area contributed by atoms with Crippen molar-refractivity contribution in [2.75, 3.05) is 37.7 Å². The van der Waals surface area contributed by atoms with Crippen LogP contribution in [0.3, 0.4) is 0 Å². The van der Waals surface area contributed by atoms with Crippen molar-refractivity contribution in [3.8, 4) is 16.9 Å². The van der Waals surface area contributed by atoms with Crippen LogP contribution >= 0.6 is 0 Å². The summed E-state index contributed by atoms with van der Waals surface area (Å²) < 4.78 is 31.4. The molecule has 1 N–H and O–H groups in total. The standard InChI is InChI=1S/C32H41N3O4S/c1-6-24-21-27(26-9-8-10-30(22-26)39-7-2)11-12-28(24)23-34-17-19-35(20-18-34)29-15-13-25(14-16-29)31(36)33-40(37,38)32(3,4)5/h8-16,21-22H,6-7,17-20,23H2,1-5H3,(H,33,36). The molecule has 0 bridgehead atoms. The minimum Gasteiger partial charge on any atom is -0.494 e. The molecule has 1 heterocycles. The molecular weight excluding hydrogens is 522 g/mol. The zero-order valence-corrected chi connectivity index (χ0v) is 25.1. The van der Waals surface area contributed by atoms with Crippen molar-refractivity contribution in [2.24, 2.45) is 0 Å². The molecule has 8 heteroatoms. The molecule has 1 amide bonds. The fourth-order valence-electron chi connectivity index (χ4n) is 4.78. The van der Waals surface area contributed by atoms with E-state index in [2.05, 4.69) is 51.8 Å². The van der Waals surface area contributed by atoms with Gasteiger partial charge in [-0.15, -0.1) is 0 Å². The van der Waals surface area contributed by atoms with Gasteiger partial charge >= 0.3 is 0 Å². The van der Waals surface area contributed by atoms with Gasteiger partial charge in [0.25, 0.3) is 5.91 Å². The molecule has 0 unspecified atom stereocenters. The third kappa shape index (κ3) is 7.04. The van der Waals surface area contributed by atoms with Gasteiger partial charge in [0.1, 0.15) is 5.75 Å². The Balaban J connectivity index is 1.35. The molecule has 3 aromatic rings. The van der Waals surface area contributed by atoms with Crippen LogP contribution in [-0.4, -0.2) is 56.8 Å². The van der Waals surface area contributed by atoms with E-state index in [4.69, 9.17) is 4.74 Å². The first-order valence-corrected chi connectivity index (χ1v) is 15.5. The predicted molar refractivity (Wildman–Crippen MR) is 162 cm³/mol. The van der Waals surface area contributed by atoms with Crippen LogP contribution in [0.15, 0.2) is 66.7 Å². The minimum absolute atomic E-state index is 0.329. The van der Waals surface area contributed by atoms with Gasteiger partial charge in [0.05, 0.1) is 11.4 Å². The lowest BCUT2D eigenvalue weighted by Gasteiger charge is -2.36. The quantitative estimate of drug-likeness (QED) is 0.371. The van der Waals surface area contributed by atoms with Crippen molar-refractivity contribution in [2.45, 2.75) is 52.3 Å². The van der Waals surface area contributed by atoms with E-state index in [0.717, 1.165) is 50.6 Å². The van der Waals surface area contributed by atoms with Crippen LogP contribution in [0.4, 0.5) is 5.69 Å². The number of aryl methyl sites for hydroxylation is 1. The average Bonchev–Trinajstić information content (AvgIpc) is 2.93. The van der Waals surface area contributed by atoms with Crippen molar-refractivity contribution >= 4 is 21.6 Å². The molecule has 0 saturated carbocycles. The van der Waals surface area contributed by atoms with E-state index in [0.29, 0.717) is 12.2 Å². The molecule has 4 rings (SSSR count). The number of carbonyl (C=O) groups is 1. The number of benzene rings is 3. The van der Waals surface area contributed by atoms with Crippen LogP contribution in [0.2, 0.25) is 0 Å². The number of anilines is 1. The van der Waals surface area contributed by atoms with Crippen LogP contribution in [0, 0.1) is 0 Å². The fourth-order valence-corrected chi connectivity index (χ4v) is 5.45. The molecular formula is C32H41N3O4S. The highest BCUT2D eigenvalue weighted by atomic mass is 32.2. The smallest absolute Gasteiger partial charge is 0.264 e. The molecule has 7 nitrogen and oxygen atoms in total. The number of nitrogens with one attached hydrogen (secondary N) is 1. The van der Waals surface area contributed by atoms with E-state index in [1.165, 1.54) is 22.3 Å². The highest BCUT2D eigenvalue weighted by Gasteiger charge is 2.31. The molecule has 0 aliphatic carbocycles. The Morgan fingerprint density at radius 2 is 1.55 bits per heavy atom. The van der Waals surface area contributed by atoms with E-state index in [1.807, 2.05) is 31.2 Å². The molecule has 0 aromatic heterocycles. The number of ether oxygens (including phenoxy) is 1. The van der Waals surface area contributed by atoms with Gasteiger partial charge in [-0.1, -0.05) is 37.3 Å². The highest BCUT2D eigenvalue weighted by Crippen LogP contribution is 2.27. The lowest BCUT2D eigenvalue weighted by Crippen LogP contribution is -2.46. The van der Waals surface area contributed by atoms with Gasteiger partial charge in [0, 0.05) is 44.0 Å². The van der Waals surface area contributed by atoms with Crippen molar-refractivity contribution in [3.05, 3.63) is 83.4 Å². The lowest BCUT2D eigenvalue weighted by atomic mass is 9.97. The highest BCUT2D eigenvalue weighted by molar-refractivity contribution is 7.91. The molecule has 214 valence electrons. The summed E-state index contributed by atoms with van der Waals surface area (Å²) in [4.78, 5) is 17.3. The molecule has 1 saturated heterocycles. The number of nitrogens with zero attached hydrogens (tertiary/aromatic N) is 2. The number of piperazine rings is 1. The van der Waals surface area contributed by atoms with Crippen molar-refractivity contribution < 1.29 is 17.9 Å². The van der Waals surface area contributed by atoms with Gasteiger partial charge < -0.3 is 9.64 Å². The first kappa shape index (κ1) is 29.6. The zero-order valence-electron chi connectivity index (χ0n) is 24.2. The summed E-state index contributed by atoms with van der Waals surface area (Å²) in [7, 11) is -3.75. The van der Waals surface area contributed by atoms with Gasteiger partial charge in [-0.3, -0.25) is 9.69 Å². The monoisotopic (exact) mass is 563 g/mol. The number of hydrogen-bond acceptors (Lipinski definition) is 6. The molecule has 1 aliphatic heterocycles. The van der Waals surface area contributed by atoms with E-state index in [1.54, 1.807) is 32.9 Å². The number of amides is 1. The number of sulfonamides is 1. The Morgan fingerprint density at radius 1 is 0.875 bits per heavy atom. The Bertz CT molecular complexity index is 1420. The van der Waals surface area contributed by atoms with Crippen molar-refractivity contribution in [1.29, 1.82) is 0 Å². The molecule has 0 atom stereocenters. The molecule has 0 radical (unpaired) electrons. The summed E-state index contributed by atoms with van der Waals surface area (Å²) in [6, 6.07) is 22.2. The van der Waals surface area contributed by atoms with Crippen LogP contribution < -0.4 is 14.4 Å². The fraction of sp³-hybridized carbons (Fsp3) is 0.406. The Kier molecular flexibility index (Phi) is 9.21. The van der Waals surface area contributed by atoms with Crippen molar-refractivity contribution in [3.63, 3.8) is 0 Å². The predicted octanol–water partition coefficient (Wildman–Crippen LogP) is 5.50. The van der Waals surface area contributed by atoms with E-state index >= 15 is 0 Å². The second-order valence-corrected chi connectivity index (χ2v) is 13.6. The van der Waals surface area contributed by atoms with Gasteiger partial charge in [-0.25, -0.2) is 13.1 Å². The molecule has 3 aromatic carbocycles. The van der Waals surface area contributed by atoms with Crippen LogP contribution in [-0.2, 0) is 23.0 Å². The maximum absolute atomic E-state index is 12.5. The minimum atomic E-state index is -3.75. The summed E-state index contributed by atoms with van der Waals surface area (Å²) in [5.74, 6) is 0.289. The average molecular weight is 564 g/mol. The third-order valence-electron chi connectivity index (χ3n) is 7.36. The Morgan fingerprint density at radius 3 is 2.17 bits per heavy atom. The topological polar surface area (TPSA) is 79.0 Å². The van der Waals surface area contributed by atoms with Crippen LogP contribution in [0.1, 0.15) is 56.1 Å². The van der Waals surface area contributed by atoms with Gasteiger partial charge in [0.2, 0.25) is 10.0 Å². The summed E-state index contributed by atoms with van der Waals surface area (Å²) in [5.41, 5.74) is 6.46. The summed E-state index contributed by atoms with van der Waals surface area (Å²) in [6.07, 6.45) is 0.977.